The molecule has 1 aromatic rings. The van der Waals surface area contributed by atoms with Gasteiger partial charge in [0, 0.05) is 5.56 Å². The molecule has 4 nitrogen and oxygen atoms in total. The van der Waals surface area contributed by atoms with Gasteiger partial charge in [-0.2, -0.15) is 0 Å². The first-order valence-corrected chi connectivity index (χ1v) is 6.12. The van der Waals surface area contributed by atoms with E-state index in [4.69, 9.17) is 9.47 Å². The van der Waals surface area contributed by atoms with E-state index in [1.54, 1.807) is 6.92 Å². The molecule has 0 aromatic heterocycles. The highest BCUT2D eigenvalue weighted by Gasteiger charge is 2.28. The van der Waals surface area contributed by atoms with Crippen molar-refractivity contribution >= 4 is 11.8 Å². The first-order valence-electron chi connectivity index (χ1n) is 6.12. The van der Waals surface area contributed by atoms with Gasteiger partial charge in [0.2, 0.25) is 0 Å². The molecule has 1 aliphatic rings. The number of rotatable bonds is 4. The number of esters is 1. The maximum Gasteiger partial charge on any atom is 0.313 e. The zero-order valence-electron chi connectivity index (χ0n) is 10.3. The SMILES string of the molecule is CCOC(=O)CC(=O)C1CCOc2ccccc21. The lowest BCUT2D eigenvalue weighted by Crippen LogP contribution is -2.23. The number of fused-ring (bicyclic) bond motifs is 1. The summed E-state index contributed by atoms with van der Waals surface area (Å²) in [4.78, 5) is 23.4. The van der Waals surface area contributed by atoms with Crippen molar-refractivity contribution in [3.05, 3.63) is 29.8 Å². The summed E-state index contributed by atoms with van der Waals surface area (Å²) < 4.78 is 10.3. The molecule has 0 radical (unpaired) electrons. The van der Waals surface area contributed by atoms with E-state index in [1.807, 2.05) is 24.3 Å². The minimum absolute atomic E-state index is 0.0933. The highest BCUT2D eigenvalue weighted by molar-refractivity contribution is 5.99. The van der Waals surface area contributed by atoms with E-state index < -0.39 is 5.97 Å². The van der Waals surface area contributed by atoms with Gasteiger partial charge < -0.3 is 9.47 Å². The van der Waals surface area contributed by atoms with Gasteiger partial charge in [0.05, 0.1) is 19.1 Å². The first kappa shape index (κ1) is 12.6. The van der Waals surface area contributed by atoms with Gasteiger partial charge in [-0.1, -0.05) is 18.2 Å². The van der Waals surface area contributed by atoms with Crippen molar-refractivity contribution in [1.29, 1.82) is 0 Å². The van der Waals surface area contributed by atoms with Gasteiger partial charge in [-0.3, -0.25) is 9.59 Å². The average Bonchev–Trinajstić information content (AvgIpc) is 2.38. The number of para-hydroxylation sites is 1. The highest BCUT2D eigenvalue weighted by Crippen LogP contribution is 2.34. The largest absolute Gasteiger partial charge is 0.493 e. The molecule has 0 aliphatic carbocycles. The molecule has 0 spiro atoms. The van der Waals surface area contributed by atoms with Crippen molar-refractivity contribution in [3.8, 4) is 5.75 Å². The number of hydrogen-bond donors (Lipinski definition) is 0. The van der Waals surface area contributed by atoms with Crippen LogP contribution < -0.4 is 4.74 Å². The van der Waals surface area contributed by atoms with Crippen molar-refractivity contribution < 1.29 is 19.1 Å². The normalized spacial score (nSPS) is 17.5. The summed E-state index contributed by atoms with van der Waals surface area (Å²) in [6.07, 6.45) is 0.460. The van der Waals surface area contributed by atoms with E-state index in [-0.39, 0.29) is 18.1 Å². The second-order valence-corrected chi connectivity index (χ2v) is 4.18. The smallest absolute Gasteiger partial charge is 0.313 e. The van der Waals surface area contributed by atoms with E-state index >= 15 is 0 Å². The molecule has 96 valence electrons. The lowest BCUT2D eigenvalue weighted by atomic mass is 9.88. The molecule has 0 bridgehead atoms. The topological polar surface area (TPSA) is 52.6 Å². The van der Waals surface area contributed by atoms with Gasteiger partial charge in [-0.25, -0.2) is 0 Å². The molecule has 0 fully saturated rings. The number of Topliss-reactive ketones (excluding diaryl/α,β-unsaturated/α-hetero) is 1. The van der Waals surface area contributed by atoms with Crippen LogP contribution in [0.5, 0.6) is 5.75 Å². The Morgan fingerprint density at radius 1 is 1.39 bits per heavy atom. The van der Waals surface area contributed by atoms with Crippen molar-refractivity contribution in [1.82, 2.24) is 0 Å². The van der Waals surface area contributed by atoms with Gasteiger partial charge in [0.25, 0.3) is 0 Å². The van der Waals surface area contributed by atoms with Crippen LogP contribution in [0.3, 0.4) is 0 Å². The van der Waals surface area contributed by atoms with E-state index in [0.29, 0.717) is 19.6 Å². The van der Waals surface area contributed by atoms with Crippen LogP contribution >= 0.6 is 0 Å². The van der Waals surface area contributed by atoms with Gasteiger partial charge in [0.1, 0.15) is 12.2 Å². The number of carbonyl (C=O) groups is 2. The van der Waals surface area contributed by atoms with Gasteiger partial charge >= 0.3 is 5.97 Å². The minimum Gasteiger partial charge on any atom is -0.493 e. The summed E-state index contributed by atoms with van der Waals surface area (Å²) in [5, 5.41) is 0. The monoisotopic (exact) mass is 248 g/mol. The number of ether oxygens (including phenoxy) is 2. The van der Waals surface area contributed by atoms with Crippen LogP contribution in [0.25, 0.3) is 0 Å². The zero-order valence-corrected chi connectivity index (χ0v) is 10.3. The molecule has 0 N–H and O–H groups in total. The van der Waals surface area contributed by atoms with Crippen LogP contribution in [0, 0.1) is 0 Å². The Labute approximate surface area is 106 Å². The molecule has 1 aliphatic heterocycles. The van der Waals surface area contributed by atoms with Gasteiger partial charge in [-0.15, -0.1) is 0 Å². The second kappa shape index (κ2) is 5.67. The highest BCUT2D eigenvalue weighted by atomic mass is 16.5. The Morgan fingerprint density at radius 2 is 2.17 bits per heavy atom. The predicted molar refractivity (Wildman–Crippen MR) is 65.6 cm³/mol. The number of carbonyl (C=O) groups excluding carboxylic acids is 2. The van der Waals surface area contributed by atoms with Gasteiger partial charge in [0.15, 0.2) is 5.78 Å². The van der Waals surface area contributed by atoms with E-state index in [1.165, 1.54) is 0 Å². The Hall–Kier alpha value is -1.84. The van der Waals surface area contributed by atoms with E-state index in [0.717, 1.165) is 11.3 Å². The molecule has 4 heteroatoms. The molecule has 2 rings (SSSR count). The molecule has 1 atom stereocenters. The molecule has 1 heterocycles. The first-order chi connectivity index (χ1) is 8.72. The second-order valence-electron chi connectivity index (χ2n) is 4.18. The van der Waals surface area contributed by atoms with Crippen molar-refractivity contribution in [3.63, 3.8) is 0 Å². The minimum atomic E-state index is -0.452. The Kier molecular flexibility index (Phi) is 3.97. The standard InChI is InChI=1S/C14H16O4/c1-2-17-14(16)9-12(15)10-7-8-18-13-6-4-3-5-11(10)13/h3-6,10H,2,7-9H2,1H3. The van der Waals surface area contributed by atoms with Crippen LogP contribution in [-0.4, -0.2) is 25.0 Å². The van der Waals surface area contributed by atoms with Gasteiger partial charge in [-0.05, 0) is 19.4 Å². The summed E-state index contributed by atoms with van der Waals surface area (Å²) in [6.45, 7) is 2.54. The summed E-state index contributed by atoms with van der Waals surface area (Å²) >= 11 is 0. The summed E-state index contributed by atoms with van der Waals surface area (Å²) in [6, 6.07) is 7.47. The lowest BCUT2D eigenvalue weighted by Gasteiger charge is -2.24. The quantitative estimate of drug-likeness (QED) is 0.604. The Balaban J connectivity index is 2.10. The molecule has 0 saturated heterocycles. The molecule has 1 unspecified atom stereocenters. The average molecular weight is 248 g/mol. The molecule has 1 aromatic carbocycles. The van der Waals surface area contributed by atoms with Crippen LogP contribution in [0.4, 0.5) is 0 Å². The molecular weight excluding hydrogens is 232 g/mol. The van der Waals surface area contributed by atoms with Crippen molar-refractivity contribution in [2.45, 2.75) is 25.7 Å². The number of hydrogen-bond acceptors (Lipinski definition) is 4. The Bertz CT molecular complexity index is 453. The molecule has 0 amide bonds. The maximum atomic E-state index is 12.1. The van der Waals surface area contributed by atoms with Crippen molar-refractivity contribution in [2.75, 3.05) is 13.2 Å². The van der Waals surface area contributed by atoms with Crippen molar-refractivity contribution in [2.24, 2.45) is 0 Å². The van der Waals surface area contributed by atoms with E-state index in [2.05, 4.69) is 0 Å². The molecule has 18 heavy (non-hydrogen) atoms. The molecule has 0 saturated carbocycles. The van der Waals surface area contributed by atoms with Crippen LogP contribution in [0.1, 0.15) is 31.2 Å². The predicted octanol–water partition coefficient (Wildman–Crippen LogP) is 2.08. The number of benzene rings is 1. The third-order valence-electron chi connectivity index (χ3n) is 2.97. The van der Waals surface area contributed by atoms with E-state index in [9.17, 15) is 9.59 Å². The fourth-order valence-electron chi connectivity index (χ4n) is 2.15. The van der Waals surface area contributed by atoms with Crippen LogP contribution in [0.15, 0.2) is 24.3 Å². The molecular formula is C14H16O4. The summed E-state index contributed by atoms with van der Waals surface area (Å²) in [5.41, 5.74) is 0.873. The summed E-state index contributed by atoms with van der Waals surface area (Å²) in [5.74, 6) is -0.0546. The summed E-state index contributed by atoms with van der Waals surface area (Å²) in [7, 11) is 0. The fourth-order valence-corrected chi connectivity index (χ4v) is 2.15. The third-order valence-corrected chi connectivity index (χ3v) is 2.97. The number of ketones is 1. The fraction of sp³-hybridized carbons (Fsp3) is 0.429. The van der Waals surface area contributed by atoms with Crippen LogP contribution in [-0.2, 0) is 14.3 Å². The zero-order chi connectivity index (χ0) is 13.0. The van der Waals surface area contributed by atoms with Crippen LogP contribution in [0.2, 0.25) is 0 Å². The maximum absolute atomic E-state index is 12.1. The Morgan fingerprint density at radius 3 is 2.94 bits per heavy atom. The third kappa shape index (κ3) is 2.70. The lowest BCUT2D eigenvalue weighted by molar-refractivity contribution is -0.145.